The van der Waals surface area contributed by atoms with E-state index in [1.165, 1.54) is 17.0 Å². The number of non-ortho nitro benzene ring substituents is 1. The van der Waals surface area contributed by atoms with E-state index in [1.54, 1.807) is 36.4 Å². The highest BCUT2D eigenvalue weighted by Gasteiger charge is 2.29. The van der Waals surface area contributed by atoms with Crippen LogP contribution in [0.15, 0.2) is 82.8 Å². The number of rotatable bonds is 7. The van der Waals surface area contributed by atoms with Crippen molar-refractivity contribution in [2.75, 3.05) is 6.54 Å². The van der Waals surface area contributed by atoms with Crippen LogP contribution in [0.2, 0.25) is 0 Å². The zero-order valence-electron chi connectivity index (χ0n) is 16.8. The van der Waals surface area contributed by atoms with Crippen LogP contribution in [0.1, 0.15) is 17.7 Å². The van der Waals surface area contributed by atoms with Crippen molar-refractivity contribution in [3.8, 4) is 11.3 Å². The highest BCUT2D eigenvalue weighted by atomic mass is 16.6. The SMILES string of the molecule is O=C(O)CCN1C(=O)/C(=C/c2ccc(-c3ccc([N+](=O)[O-])cc3)o2)C=C1c1ccccc1. The van der Waals surface area contributed by atoms with Crippen molar-refractivity contribution in [1.29, 1.82) is 0 Å². The van der Waals surface area contributed by atoms with Crippen molar-refractivity contribution in [2.24, 2.45) is 0 Å². The van der Waals surface area contributed by atoms with Gasteiger partial charge in [0, 0.05) is 29.8 Å². The lowest BCUT2D eigenvalue weighted by atomic mass is 10.1. The van der Waals surface area contributed by atoms with E-state index in [4.69, 9.17) is 9.52 Å². The second-order valence-electron chi connectivity index (χ2n) is 7.10. The molecule has 8 nitrogen and oxygen atoms in total. The van der Waals surface area contributed by atoms with Crippen molar-refractivity contribution in [3.63, 3.8) is 0 Å². The van der Waals surface area contributed by atoms with Gasteiger partial charge in [0.05, 0.1) is 17.0 Å². The van der Waals surface area contributed by atoms with E-state index >= 15 is 0 Å². The molecule has 4 rings (SSSR count). The molecule has 8 heteroatoms. The number of carboxylic acids is 1. The molecule has 32 heavy (non-hydrogen) atoms. The lowest BCUT2D eigenvalue weighted by molar-refractivity contribution is -0.384. The quantitative estimate of drug-likeness (QED) is 0.333. The summed E-state index contributed by atoms with van der Waals surface area (Å²) in [5, 5.41) is 19.9. The molecule has 1 N–H and O–H groups in total. The lowest BCUT2D eigenvalue weighted by Crippen LogP contribution is -2.28. The third-order valence-electron chi connectivity index (χ3n) is 4.98. The molecule has 160 valence electrons. The van der Waals surface area contributed by atoms with Crippen LogP contribution < -0.4 is 0 Å². The Balaban J connectivity index is 1.63. The Morgan fingerprint density at radius 3 is 2.41 bits per heavy atom. The average molecular weight is 430 g/mol. The number of aliphatic carboxylic acids is 1. The lowest BCUT2D eigenvalue weighted by Gasteiger charge is -2.19. The van der Waals surface area contributed by atoms with Crippen molar-refractivity contribution < 1.29 is 24.0 Å². The second kappa shape index (κ2) is 8.73. The predicted octanol–water partition coefficient (Wildman–Crippen LogP) is 4.60. The number of amides is 1. The molecule has 2 aromatic carbocycles. The van der Waals surface area contributed by atoms with Gasteiger partial charge in [0.25, 0.3) is 11.6 Å². The van der Waals surface area contributed by atoms with E-state index in [9.17, 15) is 19.7 Å². The minimum atomic E-state index is -0.985. The fourth-order valence-corrected chi connectivity index (χ4v) is 3.42. The molecule has 0 bridgehead atoms. The number of benzene rings is 2. The van der Waals surface area contributed by atoms with E-state index in [2.05, 4.69) is 0 Å². The number of carbonyl (C=O) groups excluding carboxylic acids is 1. The smallest absolute Gasteiger partial charge is 0.305 e. The summed E-state index contributed by atoms with van der Waals surface area (Å²) in [7, 11) is 0. The molecule has 0 atom stereocenters. The first kappa shape index (κ1) is 20.8. The van der Waals surface area contributed by atoms with E-state index in [-0.39, 0.29) is 24.6 Å². The van der Waals surface area contributed by atoms with Crippen molar-refractivity contribution in [2.45, 2.75) is 6.42 Å². The van der Waals surface area contributed by atoms with Crippen molar-refractivity contribution >= 4 is 29.3 Å². The maximum Gasteiger partial charge on any atom is 0.305 e. The van der Waals surface area contributed by atoms with Crippen LogP contribution in [0.25, 0.3) is 23.1 Å². The van der Waals surface area contributed by atoms with Crippen LogP contribution >= 0.6 is 0 Å². The van der Waals surface area contributed by atoms with Gasteiger partial charge in [0.15, 0.2) is 0 Å². The third-order valence-corrected chi connectivity index (χ3v) is 4.98. The molecule has 2 heterocycles. The molecule has 1 aromatic heterocycles. The van der Waals surface area contributed by atoms with Gasteiger partial charge in [-0.05, 0) is 42.0 Å². The standard InChI is InChI=1S/C24H18N2O6/c27-23(28)12-13-25-21(16-4-2-1-3-5-16)15-18(24(25)29)14-20-10-11-22(32-20)17-6-8-19(9-7-17)26(30)31/h1-11,14-15H,12-13H2,(H,27,28)/b18-14+. The minimum absolute atomic E-state index is 0.0146. The minimum Gasteiger partial charge on any atom is -0.481 e. The molecule has 0 aliphatic carbocycles. The largest absolute Gasteiger partial charge is 0.481 e. The number of nitro groups is 1. The molecule has 0 fully saturated rings. The molecule has 1 amide bonds. The van der Waals surface area contributed by atoms with Gasteiger partial charge in [-0.3, -0.25) is 19.7 Å². The first-order chi connectivity index (χ1) is 15.4. The topological polar surface area (TPSA) is 114 Å². The Kier molecular flexibility index (Phi) is 5.67. The zero-order valence-corrected chi connectivity index (χ0v) is 16.8. The summed E-state index contributed by atoms with van der Waals surface area (Å²) in [5.74, 6) is -0.350. The molecule has 1 aliphatic heterocycles. The number of carbonyl (C=O) groups is 2. The van der Waals surface area contributed by atoms with Crippen LogP contribution in [0.5, 0.6) is 0 Å². The van der Waals surface area contributed by atoms with Gasteiger partial charge < -0.3 is 14.4 Å². The molecule has 0 unspecified atom stereocenters. The molecule has 0 radical (unpaired) electrons. The number of hydrogen-bond acceptors (Lipinski definition) is 5. The van der Waals surface area contributed by atoms with Crippen LogP contribution in [0.4, 0.5) is 5.69 Å². The van der Waals surface area contributed by atoms with Gasteiger partial charge in [-0.2, -0.15) is 0 Å². The summed E-state index contributed by atoms with van der Waals surface area (Å²) >= 11 is 0. The number of furan rings is 1. The zero-order chi connectivity index (χ0) is 22.7. The number of nitrogens with zero attached hydrogens (tertiary/aromatic N) is 2. The van der Waals surface area contributed by atoms with Crippen molar-refractivity contribution in [3.05, 3.63) is 99.8 Å². The number of carboxylic acid groups (broad SMARTS) is 1. The molecule has 3 aromatic rings. The van der Waals surface area contributed by atoms with E-state index in [0.29, 0.717) is 28.4 Å². The average Bonchev–Trinajstić information content (AvgIpc) is 3.38. The summed E-state index contributed by atoms with van der Waals surface area (Å²) in [4.78, 5) is 35.8. The summed E-state index contributed by atoms with van der Waals surface area (Å²) in [5.41, 5.74) is 2.46. The number of hydrogen-bond donors (Lipinski definition) is 1. The summed E-state index contributed by atoms with van der Waals surface area (Å²) in [6.45, 7) is 0.0540. The van der Waals surface area contributed by atoms with Crippen LogP contribution in [0, 0.1) is 10.1 Å². The normalized spacial score (nSPS) is 14.6. The first-order valence-corrected chi connectivity index (χ1v) is 9.79. The fraction of sp³-hybridized carbons (Fsp3) is 0.0833. The highest BCUT2D eigenvalue weighted by molar-refractivity contribution is 6.10. The Morgan fingerprint density at radius 1 is 1.03 bits per heavy atom. The summed E-state index contributed by atoms with van der Waals surface area (Å²) in [6.07, 6.45) is 3.14. The van der Waals surface area contributed by atoms with Crippen molar-refractivity contribution in [1.82, 2.24) is 4.90 Å². The van der Waals surface area contributed by atoms with Gasteiger partial charge in [-0.1, -0.05) is 30.3 Å². The van der Waals surface area contributed by atoms with E-state index < -0.39 is 10.9 Å². The Morgan fingerprint density at radius 2 is 1.75 bits per heavy atom. The predicted molar refractivity (Wildman–Crippen MR) is 117 cm³/mol. The van der Waals surface area contributed by atoms with Gasteiger partial charge in [0.2, 0.25) is 0 Å². The Hall–Kier alpha value is -4.46. The van der Waals surface area contributed by atoms with Gasteiger partial charge in [0.1, 0.15) is 11.5 Å². The van der Waals surface area contributed by atoms with E-state index in [0.717, 1.165) is 5.56 Å². The molecular weight excluding hydrogens is 412 g/mol. The monoisotopic (exact) mass is 430 g/mol. The molecule has 1 aliphatic rings. The number of nitro benzene ring substituents is 1. The molecule has 0 spiro atoms. The molecular formula is C24H18N2O6. The first-order valence-electron chi connectivity index (χ1n) is 9.79. The Bertz CT molecular complexity index is 1240. The Labute approximate surface area is 182 Å². The van der Waals surface area contributed by atoms with Crippen LogP contribution in [-0.2, 0) is 9.59 Å². The van der Waals surface area contributed by atoms with Gasteiger partial charge in [-0.15, -0.1) is 0 Å². The molecule has 0 saturated heterocycles. The maximum absolute atomic E-state index is 13.0. The molecule has 0 saturated carbocycles. The van der Waals surface area contributed by atoms with Crippen LogP contribution in [-0.4, -0.2) is 33.4 Å². The van der Waals surface area contributed by atoms with Gasteiger partial charge in [-0.25, -0.2) is 0 Å². The van der Waals surface area contributed by atoms with Crippen LogP contribution in [0.3, 0.4) is 0 Å². The highest BCUT2D eigenvalue weighted by Crippen LogP contribution is 2.32. The van der Waals surface area contributed by atoms with E-state index in [1.807, 2.05) is 30.3 Å². The third kappa shape index (κ3) is 4.34. The second-order valence-corrected chi connectivity index (χ2v) is 7.10. The summed E-state index contributed by atoms with van der Waals surface area (Å²) < 4.78 is 5.81. The maximum atomic E-state index is 13.0. The summed E-state index contributed by atoms with van der Waals surface area (Å²) in [6, 6.07) is 18.7. The van der Waals surface area contributed by atoms with Gasteiger partial charge >= 0.3 is 5.97 Å². The fourth-order valence-electron chi connectivity index (χ4n) is 3.42.